The Kier molecular flexibility index (Phi) is 7.77. The van der Waals surface area contributed by atoms with Crippen LogP contribution in [0.25, 0.3) is 75.5 Å². The smallest absolute Gasteiger partial charge is 0.0540 e. The van der Waals surface area contributed by atoms with E-state index in [9.17, 15) is 0 Å². The van der Waals surface area contributed by atoms with Crippen molar-refractivity contribution in [3.8, 4) is 44.5 Å². The molecule has 0 unspecified atom stereocenters. The highest BCUT2D eigenvalue weighted by Crippen LogP contribution is 2.50. The molecule has 0 aliphatic heterocycles. The Balaban J connectivity index is 1.05. The molecule has 0 atom stereocenters. The third-order valence-corrected chi connectivity index (χ3v) is 13.3. The molecule has 0 saturated heterocycles. The predicted molar refractivity (Wildman–Crippen MR) is 245 cm³/mol. The van der Waals surface area contributed by atoms with Gasteiger partial charge in [-0.15, -0.1) is 11.3 Å². The number of hydrogen-bond donors (Lipinski definition) is 0. The maximum Gasteiger partial charge on any atom is 0.0540 e. The van der Waals surface area contributed by atoms with Crippen LogP contribution in [-0.2, 0) is 5.41 Å². The summed E-state index contributed by atoms with van der Waals surface area (Å²) in [6.07, 6.45) is 0. The number of nitrogens with zero attached hydrogens (tertiary/aromatic N) is 1. The zero-order chi connectivity index (χ0) is 38.1. The van der Waals surface area contributed by atoms with Gasteiger partial charge < -0.3 is 4.90 Å². The van der Waals surface area contributed by atoms with Crippen LogP contribution in [0, 0.1) is 0 Å². The first-order valence-electron chi connectivity index (χ1n) is 19.8. The zero-order valence-electron chi connectivity index (χ0n) is 31.9. The van der Waals surface area contributed by atoms with Crippen LogP contribution in [0.1, 0.15) is 25.0 Å². The van der Waals surface area contributed by atoms with Crippen molar-refractivity contribution in [2.45, 2.75) is 19.3 Å². The van der Waals surface area contributed by atoms with Crippen molar-refractivity contribution in [2.75, 3.05) is 4.90 Å². The van der Waals surface area contributed by atoms with E-state index in [1.165, 1.54) is 86.6 Å². The molecule has 1 nitrogen and oxygen atoms in total. The Morgan fingerprint density at radius 3 is 1.77 bits per heavy atom. The molecule has 0 amide bonds. The van der Waals surface area contributed by atoms with Gasteiger partial charge in [-0.05, 0) is 97.7 Å². The lowest BCUT2D eigenvalue weighted by atomic mass is 9.81. The van der Waals surface area contributed by atoms with Crippen molar-refractivity contribution in [1.82, 2.24) is 0 Å². The molecule has 57 heavy (non-hydrogen) atoms. The van der Waals surface area contributed by atoms with Crippen LogP contribution in [0.2, 0.25) is 0 Å². The maximum atomic E-state index is 2.43. The molecule has 270 valence electrons. The van der Waals surface area contributed by atoms with Gasteiger partial charge in [-0.1, -0.05) is 172 Å². The van der Waals surface area contributed by atoms with E-state index in [-0.39, 0.29) is 5.41 Å². The van der Waals surface area contributed by atoms with E-state index in [4.69, 9.17) is 0 Å². The molecule has 1 heterocycles. The second kappa shape index (κ2) is 13.2. The van der Waals surface area contributed by atoms with E-state index in [0.717, 1.165) is 17.1 Å². The zero-order valence-corrected chi connectivity index (χ0v) is 32.7. The lowest BCUT2D eigenvalue weighted by Gasteiger charge is -2.28. The van der Waals surface area contributed by atoms with Crippen LogP contribution in [0.4, 0.5) is 17.1 Å². The quantitative estimate of drug-likeness (QED) is 0.164. The van der Waals surface area contributed by atoms with Gasteiger partial charge in [-0.3, -0.25) is 0 Å². The van der Waals surface area contributed by atoms with Gasteiger partial charge in [0.05, 0.1) is 5.69 Å². The summed E-state index contributed by atoms with van der Waals surface area (Å²) >= 11 is 1.88. The molecule has 9 aromatic carbocycles. The van der Waals surface area contributed by atoms with Crippen molar-refractivity contribution in [3.05, 3.63) is 211 Å². The minimum Gasteiger partial charge on any atom is -0.310 e. The van der Waals surface area contributed by atoms with Gasteiger partial charge >= 0.3 is 0 Å². The monoisotopic (exact) mass is 745 g/mol. The summed E-state index contributed by atoms with van der Waals surface area (Å²) in [7, 11) is 0. The maximum absolute atomic E-state index is 2.43. The van der Waals surface area contributed by atoms with Crippen molar-refractivity contribution < 1.29 is 0 Å². The Hall–Kier alpha value is -6.74. The topological polar surface area (TPSA) is 3.24 Å². The summed E-state index contributed by atoms with van der Waals surface area (Å²) in [5.74, 6) is 0. The van der Waals surface area contributed by atoms with Crippen molar-refractivity contribution in [3.63, 3.8) is 0 Å². The van der Waals surface area contributed by atoms with Gasteiger partial charge in [0, 0.05) is 48.1 Å². The molecule has 1 aliphatic carbocycles. The number of rotatable bonds is 6. The molecular weight excluding hydrogens is 707 g/mol. The van der Waals surface area contributed by atoms with E-state index in [1.807, 2.05) is 11.3 Å². The van der Waals surface area contributed by atoms with Crippen LogP contribution in [0.3, 0.4) is 0 Å². The molecule has 0 saturated carbocycles. The molecule has 0 bridgehead atoms. The average molecular weight is 746 g/mol. The van der Waals surface area contributed by atoms with Crippen molar-refractivity contribution in [2.24, 2.45) is 0 Å². The van der Waals surface area contributed by atoms with E-state index < -0.39 is 0 Å². The fourth-order valence-electron chi connectivity index (χ4n) is 9.24. The number of benzene rings is 9. The number of hydrogen-bond acceptors (Lipinski definition) is 2. The Morgan fingerprint density at radius 1 is 0.386 bits per heavy atom. The van der Waals surface area contributed by atoms with E-state index in [2.05, 4.69) is 219 Å². The summed E-state index contributed by atoms with van der Waals surface area (Å²) < 4.78 is 2.63. The van der Waals surface area contributed by atoms with E-state index in [1.54, 1.807) is 0 Å². The largest absolute Gasteiger partial charge is 0.310 e. The Morgan fingerprint density at radius 2 is 0.947 bits per heavy atom. The van der Waals surface area contributed by atoms with Gasteiger partial charge in [-0.2, -0.15) is 0 Å². The van der Waals surface area contributed by atoms with Crippen molar-refractivity contribution in [1.29, 1.82) is 0 Å². The molecular formula is C55H39NS. The molecule has 10 aromatic rings. The van der Waals surface area contributed by atoms with Gasteiger partial charge in [0.1, 0.15) is 0 Å². The Bertz CT molecular complexity index is 3140. The first-order valence-corrected chi connectivity index (χ1v) is 20.6. The Labute approximate surface area is 337 Å². The first-order chi connectivity index (χ1) is 28.0. The number of anilines is 3. The standard InChI is InChI=1S/C55H39NS/c1-55(2)50-22-8-5-16-44(50)45-34-29-39(35-51(45)55)36-25-30-40(31-26-36)56(41-32-27-38(28-33-41)43-19-11-14-37-13-3-4-15-42(37)43)52-23-9-6-17-46(52)48-20-12-21-49-47-18-7-10-24-53(47)57-54(48)49/h3-35H,1-2H3. The highest BCUT2D eigenvalue weighted by molar-refractivity contribution is 7.26. The molecule has 0 radical (unpaired) electrons. The molecule has 1 aromatic heterocycles. The van der Waals surface area contributed by atoms with Crippen LogP contribution in [-0.4, -0.2) is 0 Å². The minimum absolute atomic E-state index is 0.0438. The summed E-state index contributed by atoms with van der Waals surface area (Å²) in [6, 6.07) is 73.8. The molecule has 0 fully saturated rings. The molecule has 2 heteroatoms. The lowest BCUT2D eigenvalue weighted by Crippen LogP contribution is -2.14. The van der Waals surface area contributed by atoms with Crippen LogP contribution in [0.15, 0.2) is 200 Å². The van der Waals surface area contributed by atoms with Gasteiger partial charge in [0.2, 0.25) is 0 Å². The number of thiophene rings is 1. The fraction of sp³-hybridized carbons (Fsp3) is 0.0545. The summed E-state index contributed by atoms with van der Waals surface area (Å²) in [6.45, 7) is 4.70. The first kappa shape index (κ1) is 33.6. The van der Waals surface area contributed by atoms with E-state index in [0.29, 0.717) is 0 Å². The van der Waals surface area contributed by atoms with E-state index >= 15 is 0 Å². The molecule has 11 rings (SSSR count). The molecule has 0 spiro atoms. The summed E-state index contributed by atoms with van der Waals surface area (Å²) in [4.78, 5) is 2.43. The summed E-state index contributed by atoms with van der Waals surface area (Å²) in [5, 5.41) is 5.13. The predicted octanol–water partition coefficient (Wildman–Crippen LogP) is 16.0. The second-order valence-corrected chi connectivity index (χ2v) is 16.7. The normalized spacial score (nSPS) is 12.9. The fourth-order valence-corrected chi connectivity index (χ4v) is 10.5. The van der Waals surface area contributed by atoms with Crippen LogP contribution >= 0.6 is 11.3 Å². The SMILES string of the molecule is CC1(C)c2ccccc2-c2ccc(-c3ccc(N(c4ccc(-c5cccc6ccccc56)cc4)c4ccccc4-c4cccc5c4sc4ccccc45)cc3)cc21. The van der Waals surface area contributed by atoms with Crippen molar-refractivity contribution >= 4 is 59.3 Å². The molecule has 0 N–H and O–H groups in total. The molecule has 1 aliphatic rings. The minimum atomic E-state index is -0.0438. The van der Waals surface area contributed by atoms with Gasteiger partial charge in [0.25, 0.3) is 0 Å². The third-order valence-electron chi connectivity index (χ3n) is 12.1. The number of para-hydroxylation sites is 1. The highest BCUT2D eigenvalue weighted by Gasteiger charge is 2.35. The highest BCUT2D eigenvalue weighted by atomic mass is 32.1. The number of fused-ring (bicyclic) bond motifs is 7. The third kappa shape index (κ3) is 5.44. The second-order valence-electron chi connectivity index (χ2n) is 15.7. The van der Waals surface area contributed by atoms with Gasteiger partial charge in [0.15, 0.2) is 0 Å². The summed E-state index contributed by atoms with van der Waals surface area (Å²) in [5.41, 5.74) is 16.2. The van der Waals surface area contributed by atoms with Crippen LogP contribution in [0.5, 0.6) is 0 Å². The lowest BCUT2D eigenvalue weighted by molar-refractivity contribution is 0.660. The van der Waals surface area contributed by atoms with Gasteiger partial charge in [-0.25, -0.2) is 0 Å². The average Bonchev–Trinajstić information content (AvgIpc) is 3.76. The van der Waals surface area contributed by atoms with Crippen LogP contribution < -0.4 is 4.90 Å².